The van der Waals surface area contributed by atoms with Gasteiger partial charge in [-0.1, -0.05) is 0 Å². The number of oxazole rings is 1. The Bertz CT molecular complexity index is 887. The second kappa shape index (κ2) is 6.40. The Morgan fingerprint density at radius 2 is 1.96 bits per heavy atom. The van der Waals surface area contributed by atoms with Gasteiger partial charge in [0.1, 0.15) is 5.60 Å². The third kappa shape index (κ3) is 3.60. The minimum atomic E-state index is -0.487. The molecule has 0 radical (unpaired) electrons. The highest BCUT2D eigenvalue weighted by molar-refractivity contribution is 5.75. The summed E-state index contributed by atoms with van der Waals surface area (Å²) in [5.41, 5.74) is 1.13. The Balaban J connectivity index is 1.79. The van der Waals surface area contributed by atoms with Crippen molar-refractivity contribution in [3.63, 3.8) is 0 Å². The van der Waals surface area contributed by atoms with Gasteiger partial charge in [-0.25, -0.2) is 4.79 Å². The summed E-state index contributed by atoms with van der Waals surface area (Å²) in [4.78, 5) is 24.5. The van der Waals surface area contributed by atoms with Crippen molar-refractivity contribution in [1.29, 1.82) is 5.26 Å². The number of nitrogens with zero attached hydrogens (tertiary/aromatic N) is 2. The van der Waals surface area contributed by atoms with Crippen LogP contribution in [0.4, 0.5) is 0 Å². The van der Waals surface area contributed by atoms with Crippen LogP contribution in [0.5, 0.6) is 0 Å². The van der Waals surface area contributed by atoms with E-state index in [1.54, 1.807) is 22.8 Å². The first-order valence-electron chi connectivity index (χ1n) is 8.56. The molecule has 1 heterocycles. The van der Waals surface area contributed by atoms with Crippen molar-refractivity contribution in [2.24, 2.45) is 5.92 Å². The topological polar surface area (TPSA) is 85.2 Å². The maximum atomic E-state index is 12.3. The monoisotopic (exact) mass is 342 g/mol. The van der Waals surface area contributed by atoms with Gasteiger partial charge in [0.15, 0.2) is 5.58 Å². The average molecular weight is 342 g/mol. The number of rotatable bonds is 2. The molecule has 6 nitrogen and oxygen atoms in total. The number of carbonyl (C=O) groups excluding carboxylic acids is 1. The van der Waals surface area contributed by atoms with Gasteiger partial charge >= 0.3 is 11.7 Å². The molecule has 1 fully saturated rings. The Morgan fingerprint density at radius 1 is 1.28 bits per heavy atom. The zero-order chi connectivity index (χ0) is 18.2. The maximum absolute atomic E-state index is 12.3. The highest BCUT2D eigenvalue weighted by Crippen LogP contribution is 2.34. The Hall–Kier alpha value is -2.55. The van der Waals surface area contributed by atoms with Crippen LogP contribution >= 0.6 is 0 Å². The molecular weight excluding hydrogens is 320 g/mol. The molecule has 25 heavy (non-hydrogen) atoms. The van der Waals surface area contributed by atoms with E-state index in [4.69, 9.17) is 14.4 Å². The number of hydrogen-bond donors (Lipinski definition) is 0. The van der Waals surface area contributed by atoms with Gasteiger partial charge in [0, 0.05) is 6.04 Å². The first kappa shape index (κ1) is 17.3. The lowest BCUT2D eigenvalue weighted by atomic mass is 9.85. The SMILES string of the molecule is CC(C)(C)OC(=O)C1CCC(n2c(=O)oc3ccc(C#N)cc32)CC1. The molecule has 1 saturated carbocycles. The van der Waals surface area contributed by atoms with Crippen LogP contribution in [0.25, 0.3) is 11.1 Å². The van der Waals surface area contributed by atoms with Gasteiger partial charge in [-0.15, -0.1) is 0 Å². The number of carbonyl (C=O) groups is 1. The summed E-state index contributed by atoms with van der Waals surface area (Å²) >= 11 is 0. The fourth-order valence-corrected chi connectivity index (χ4v) is 3.40. The molecule has 0 atom stereocenters. The summed E-state index contributed by atoms with van der Waals surface area (Å²) in [6, 6.07) is 7.02. The third-order valence-electron chi connectivity index (χ3n) is 4.54. The van der Waals surface area contributed by atoms with E-state index >= 15 is 0 Å². The van der Waals surface area contributed by atoms with Crippen molar-refractivity contribution in [3.05, 3.63) is 34.3 Å². The van der Waals surface area contributed by atoms with Crippen LogP contribution < -0.4 is 5.76 Å². The van der Waals surface area contributed by atoms with Crippen molar-refractivity contribution in [3.8, 4) is 6.07 Å². The van der Waals surface area contributed by atoms with Gasteiger partial charge in [-0.05, 0) is 64.7 Å². The zero-order valence-corrected chi connectivity index (χ0v) is 14.7. The molecule has 0 saturated heterocycles. The summed E-state index contributed by atoms with van der Waals surface area (Å²) in [7, 11) is 0. The molecule has 0 spiro atoms. The normalized spacial score (nSPS) is 21.0. The van der Waals surface area contributed by atoms with Gasteiger partial charge in [-0.2, -0.15) is 5.26 Å². The van der Waals surface area contributed by atoms with E-state index in [0.29, 0.717) is 42.3 Å². The summed E-state index contributed by atoms with van der Waals surface area (Å²) in [6.07, 6.45) is 2.76. The smallest absolute Gasteiger partial charge is 0.420 e. The first-order chi connectivity index (χ1) is 11.8. The summed E-state index contributed by atoms with van der Waals surface area (Å²) < 4.78 is 12.4. The fraction of sp³-hybridized carbons (Fsp3) is 0.526. The van der Waals surface area contributed by atoms with E-state index in [-0.39, 0.29) is 17.9 Å². The molecule has 3 rings (SSSR count). The summed E-state index contributed by atoms with van der Waals surface area (Å²) in [5, 5.41) is 9.07. The maximum Gasteiger partial charge on any atom is 0.420 e. The average Bonchev–Trinajstić information content (AvgIpc) is 2.88. The van der Waals surface area contributed by atoms with Gasteiger partial charge < -0.3 is 9.15 Å². The molecule has 0 unspecified atom stereocenters. The van der Waals surface area contributed by atoms with E-state index in [1.165, 1.54) is 0 Å². The minimum Gasteiger partial charge on any atom is -0.460 e. The van der Waals surface area contributed by atoms with Crippen LogP contribution in [0.2, 0.25) is 0 Å². The van der Waals surface area contributed by atoms with Crippen LogP contribution in [-0.4, -0.2) is 16.1 Å². The number of nitriles is 1. The molecule has 0 amide bonds. The molecule has 1 aromatic carbocycles. The van der Waals surface area contributed by atoms with Crippen molar-refractivity contribution in [2.75, 3.05) is 0 Å². The number of fused-ring (bicyclic) bond motifs is 1. The lowest BCUT2D eigenvalue weighted by molar-refractivity contribution is -0.161. The van der Waals surface area contributed by atoms with E-state index in [0.717, 1.165) is 0 Å². The quantitative estimate of drug-likeness (QED) is 0.779. The van der Waals surface area contributed by atoms with E-state index in [2.05, 4.69) is 6.07 Å². The molecule has 6 heteroatoms. The van der Waals surface area contributed by atoms with Crippen LogP contribution in [0, 0.1) is 17.2 Å². The van der Waals surface area contributed by atoms with E-state index in [1.807, 2.05) is 20.8 Å². The van der Waals surface area contributed by atoms with Crippen LogP contribution in [0.3, 0.4) is 0 Å². The lowest BCUT2D eigenvalue weighted by Gasteiger charge is -2.30. The Labute approximate surface area is 146 Å². The van der Waals surface area contributed by atoms with Crippen molar-refractivity contribution in [1.82, 2.24) is 4.57 Å². The van der Waals surface area contributed by atoms with Crippen molar-refractivity contribution in [2.45, 2.75) is 58.1 Å². The predicted molar refractivity (Wildman–Crippen MR) is 92.0 cm³/mol. The van der Waals surface area contributed by atoms with Gasteiger partial charge in [0.05, 0.1) is 23.1 Å². The second-order valence-corrected chi connectivity index (χ2v) is 7.57. The number of benzene rings is 1. The van der Waals surface area contributed by atoms with E-state index < -0.39 is 11.4 Å². The van der Waals surface area contributed by atoms with Crippen LogP contribution in [0.1, 0.15) is 58.1 Å². The van der Waals surface area contributed by atoms with Crippen LogP contribution in [0.15, 0.2) is 27.4 Å². The fourth-order valence-electron chi connectivity index (χ4n) is 3.40. The van der Waals surface area contributed by atoms with Gasteiger partial charge in [0.2, 0.25) is 0 Å². The molecule has 0 N–H and O–H groups in total. The van der Waals surface area contributed by atoms with Gasteiger partial charge in [0.25, 0.3) is 0 Å². The molecule has 2 aromatic rings. The van der Waals surface area contributed by atoms with Gasteiger partial charge in [-0.3, -0.25) is 9.36 Å². The minimum absolute atomic E-state index is 0.0265. The molecular formula is C19H22N2O4. The standard InChI is InChI=1S/C19H22N2O4/c1-19(2,3)25-17(22)13-5-7-14(8-6-13)21-15-10-12(11-20)4-9-16(15)24-18(21)23/h4,9-10,13-14H,5-8H2,1-3H3. The van der Waals surface area contributed by atoms with E-state index in [9.17, 15) is 9.59 Å². The first-order valence-corrected chi connectivity index (χ1v) is 8.56. The summed E-state index contributed by atoms with van der Waals surface area (Å²) in [5.74, 6) is -0.702. The predicted octanol–water partition coefficient (Wildman–Crippen LogP) is 3.54. The van der Waals surface area contributed by atoms with Crippen LogP contribution in [-0.2, 0) is 9.53 Å². The third-order valence-corrected chi connectivity index (χ3v) is 4.54. The highest BCUT2D eigenvalue weighted by Gasteiger charge is 2.32. The largest absolute Gasteiger partial charge is 0.460 e. The van der Waals surface area contributed by atoms with Crippen molar-refractivity contribution < 1.29 is 13.9 Å². The molecule has 1 aliphatic rings. The Morgan fingerprint density at radius 3 is 2.56 bits per heavy atom. The summed E-state index contributed by atoms with van der Waals surface area (Å²) in [6.45, 7) is 5.58. The lowest BCUT2D eigenvalue weighted by Crippen LogP contribution is -2.32. The van der Waals surface area contributed by atoms with Crippen molar-refractivity contribution >= 4 is 17.1 Å². The molecule has 0 aliphatic heterocycles. The molecule has 1 aliphatic carbocycles. The number of esters is 1. The molecule has 0 bridgehead atoms. The number of ether oxygens (including phenoxy) is 1. The number of aromatic nitrogens is 1. The molecule has 132 valence electrons. The second-order valence-electron chi connectivity index (χ2n) is 7.57. The molecule has 1 aromatic heterocycles. The Kier molecular flexibility index (Phi) is 4.42. The highest BCUT2D eigenvalue weighted by atomic mass is 16.6. The zero-order valence-electron chi connectivity index (χ0n) is 14.7. The number of hydrogen-bond acceptors (Lipinski definition) is 5.